The Morgan fingerprint density at radius 2 is 1.97 bits per heavy atom. The number of imidazole rings is 1. The molecular weight excluding hydrogens is 382 g/mol. The van der Waals surface area contributed by atoms with Crippen LogP contribution in [0, 0.1) is 0 Å². The molecule has 0 aliphatic rings. The number of methoxy groups -OCH3 is 1. The normalized spacial score (nSPS) is 11.2. The minimum absolute atomic E-state index is 0.466. The fourth-order valence-electron chi connectivity index (χ4n) is 3.58. The average Bonchev–Trinajstić information content (AvgIpc) is 3.41. The first-order chi connectivity index (χ1) is 14.7. The van der Waals surface area contributed by atoms with Gasteiger partial charge >= 0.3 is 0 Å². The second kappa shape index (κ2) is 7.40. The van der Waals surface area contributed by atoms with Crippen LogP contribution in [0.2, 0.25) is 0 Å². The van der Waals surface area contributed by atoms with Gasteiger partial charge in [-0.25, -0.2) is 15.0 Å². The van der Waals surface area contributed by atoms with Gasteiger partial charge in [0.1, 0.15) is 12.9 Å². The fraction of sp³-hybridized carbons (Fsp3) is 0.136. The van der Waals surface area contributed by atoms with Gasteiger partial charge in [0.25, 0.3) is 0 Å². The molecule has 8 heteroatoms. The number of nitrogens with zero attached hydrogens (tertiary/aromatic N) is 5. The Labute approximate surface area is 171 Å². The second-order valence-electron chi connectivity index (χ2n) is 6.80. The molecule has 30 heavy (non-hydrogen) atoms. The summed E-state index contributed by atoms with van der Waals surface area (Å²) in [7, 11) is 1.60. The quantitative estimate of drug-likeness (QED) is 0.436. The van der Waals surface area contributed by atoms with Crippen LogP contribution in [0.4, 0.5) is 0 Å². The van der Waals surface area contributed by atoms with Crippen LogP contribution in [0.1, 0.15) is 0 Å². The van der Waals surface area contributed by atoms with Gasteiger partial charge in [0.05, 0.1) is 42.9 Å². The number of rotatable bonds is 6. The van der Waals surface area contributed by atoms with Crippen LogP contribution in [0.5, 0.6) is 11.5 Å². The van der Waals surface area contributed by atoms with Gasteiger partial charge in [-0.1, -0.05) is 18.2 Å². The predicted molar refractivity (Wildman–Crippen MR) is 112 cm³/mol. The smallest absolute Gasteiger partial charge is 0.163 e. The van der Waals surface area contributed by atoms with Gasteiger partial charge in [-0.05, 0) is 12.1 Å². The van der Waals surface area contributed by atoms with Crippen molar-refractivity contribution in [2.75, 3.05) is 13.7 Å². The molecule has 2 aromatic carbocycles. The number of para-hydroxylation sites is 1. The summed E-state index contributed by atoms with van der Waals surface area (Å²) < 4.78 is 14.6. The second-order valence-corrected chi connectivity index (χ2v) is 6.80. The summed E-state index contributed by atoms with van der Waals surface area (Å²) in [5, 5.41) is 12.0. The molecule has 3 aromatic heterocycles. The highest BCUT2D eigenvalue weighted by atomic mass is 16.5. The Balaban J connectivity index is 1.56. The Bertz CT molecular complexity index is 1330. The topological polar surface area (TPSA) is 87.2 Å². The van der Waals surface area contributed by atoms with E-state index in [-0.39, 0.29) is 0 Å². The first-order valence-corrected chi connectivity index (χ1v) is 9.45. The van der Waals surface area contributed by atoms with Gasteiger partial charge < -0.3 is 19.2 Å². The summed E-state index contributed by atoms with van der Waals surface area (Å²) in [6.07, 6.45) is 8.55. The molecule has 0 unspecified atom stereocenters. The van der Waals surface area contributed by atoms with Crippen molar-refractivity contribution < 1.29 is 14.7 Å². The number of ether oxygens (including phenoxy) is 2. The fourth-order valence-corrected chi connectivity index (χ4v) is 3.58. The van der Waals surface area contributed by atoms with Gasteiger partial charge in [-0.2, -0.15) is 4.73 Å². The highest BCUT2D eigenvalue weighted by Gasteiger charge is 2.16. The molecule has 0 fully saturated rings. The van der Waals surface area contributed by atoms with Crippen LogP contribution in [-0.2, 0) is 6.54 Å². The zero-order chi connectivity index (χ0) is 20.5. The van der Waals surface area contributed by atoms with Gasteiger partial charge in [-0.3, -0.25) is 0 Å². The molecule has 0 bridgehead atoms. The van der Waals surface area contributed by atoms with Gasteiger partial charge in [-0.15, -0.1) is 0 Å². The molecular formula is C22H19N5O3. The van der Waals surface area contributed by atoms with Gasteiger partial charge in [0, 0.05) is 34.8 Å². The molecule has 0 amide bonds. The Morgan fingerprint density at radius 3 is 2.80 bits per heavy atom. The molecule has 0 spiro atoms. The highest BCUT2D eigenvalue weighted by Crippen LogP contribution is 2.37. The Morgan fingerprint density at radius 1 is 1.07 bits per heavy atom. The molecule has 0 aliphatic carbocycles. The summed E-state index contributed by atoms with van der Waals surface area (Å²) in [4.78, 5) is 12.9. The predicted octanol–water partition coefficient (Wildman–Crippen LogP) is 3.77. The molecule has 5 rings (SSSR count). The summed E-state index contributed by atoms with van der Waals surface area (Å²) in [5.41, 5.74) is 2.97. The molecule has 3 heterocycles. The van der Waals surface area contributed by atoms with Crippen LogP contribution < -0.4 is 9.47 Å². The van der Waals surface area contributed by atoms with E-state index < -0.39 is 0 Å². The molecule has 0 atom stereocenters. The van der Waals surface area contributed by atoms with E-state index >= 15 is 0 Å². The molecule has 0 aliphatic heterocycles. The van der Waals surface area contributed by atoms with E-state index in [1.165, 1.54) is 6.33 Å². The third-order valence-corrected chi connectivity index (χ3v) is 5.03. The van der Waals surface area contributed by atoms with Crippen molar-refractivity contribution >= 4 is 21.8 Å². The lowest BCUT2D eigenvalue weighted by molar-refractivity contribution is 0.200. The van der Waals surface area contributed by atoms with E-state index in [4.69, 9.17) is 9.47 Å². The van der Waals surface area contributed by atoms with Crippen molar-refractivity contribution in [3.05, 3.63) is 67.6 Å². The number of aromatic nitrogens is 5. The number of fused-ring (bicyclic) bond motifs is 2. The largest absolute Gasteiger partial charge is 0.493 e. The summed E-state index contributed by atoms with van der Waals surface area (Å²) in [6, 6.07) is 11.4. The van der Waals surface area contributed by atoms with Crippen LogP contribution in [-0.4, -0.2) is 43.2 Å². The number of benzene rings is 2. The minimum atomic E-state index is 0.466. The van der Waals surface area contributed by atoms with Gasteiger partial charge in [0.2, 0.25) is 0 Å². The minimum Gasteiger partial charge on any atom is -0.493 e. The summed E-state index contributed by atoms with van der Waals surface area (Å²) >= 11 is 0. The first kappa shape index (κ1) is 18.0. The van der Waals surface area contributed by atoms with Crippen LogP contribution in [0.3, 0.4) is 0 Å². The lowest BCUT2D eigenvalue weighted by atomic mass is 10.1. The maximum Gasteiger partial charge on any atom is 0.163 e. The van der Waals surface area contributed by atoms with Crippen molar-refractivity contribution in [1.29, 1.82) is 0 Å². The monoisotopic (exact) mass is 401 g/mol. The molecule has 150 valence electrons. The molecule has 5 aromatic rings. The molecule has 1 N–H and O–H groups in total. The lowest BCUT2D eigenvalue weighted by Crippen LogP contribution is -2.07. The Hall–Kier alpha value is -4.07. The van der Waals surface area contributed by atoms with E-state index in [9.17, 15) is 5.21 Å². The van der Waals surface area contributed by atoms with E-state index in [0.29, 0.717) is 35.9 Å². The van der Waals surface area contributed by atoms with Crippen LogP contribution in [0.25, 0.3) is 33.1 Å². The molecule has 0 radical (unpaired) electrons. The molecule has 0 saturated carbocycles. The van der Waals surface area contributed by atoms with E-state index in [2.05, 4.69) is 15.0 Å². The maximum absolute atomic E-state index is 10.3. The highest BCUT2D eigenvalue weighted by molar-refractivity contribution is 6.03. The number of hydrogen-bond acceptors (Lipinski definition) is 6. The third kappa shape index (κ3) is 3.08. The SMILES string of the molecule is COc1cc2c(-c3cn(O)c4ccccc34)ncnc2cc1OCCn1ccnc1. The van der Waals surface area contributed by atoms with Crippen molar-refractivity contribution in [2.45, 2.75) is 6.54 Å². The molecule has 0 saturated heterocycles. The zero-order valence-corrected chi connectivity index (χ0v) is 16.3. The van der Waals surface area contributed by atoms with Crippen molar-refractivity contribution in [3.8, 4) is 22.8 Å². The molecule has 8 nitrogen and oxygen atoms in total. The maximum atomic E-state index is 10.3. The van der Waals surface area contributed by atoms with Crippen LogP contribution >= 0.6 is 0 Å². The van der Waals surface area contributed by atoms with E-state index in [1.54, 1.807) is 25.8 Å². The standard InChI is InChI=1S/C22H19N5O3/c1-29-20-10-16-18(11-21(20)30-9-8-26-7-6-23-14-26)24-13-25-22(16)17-12-27(28)19-5-3-2-4-15(17)19/h2-7,10-14,28H,8-9H2,1H3. The third-order valence-electron chi connectivity index (χ3n) is 5.03. The average molecular weight is 401 g/mol. The van der Waals surface area contributed by atoms with E-state index in [0.717, 1.165) is 26.6 Å². The Kier molecular flexibility index (Phi) is 4.44. The number of hydrogen-bond donors (Lipinski definition) is 1. The van der Waals surface area contributed by atoms with E-state index in [1.807, 2.05) is 47.2 Å². The zero-order valence-electron chi connectivity index (χ0n) is 16.3. The summed E-state index contributed by atoms with van der Waals surface area (Å²) in [6.45, 7) is 1.14. The van der Waals surface area contributed by atoms with Crippen molar-refractivity contribution in [1.82, 2.24) is 24.2 Å². The van der Waals surface area contributed by atoms with Crippen LogP contribution in [0.15, 0.2) is 67.6 Å². The van der Waals surface area contributed by atoms with Crippen molar-refractivity contribution in [2.24, 2.45) is 0 Å². The lowest BCUT2D eigenvalue weighted by Gasteiger charge is -2.13. The summed E-state index contributed by atoms with van der Waals surface area (Å²) in [5.74, 6) is 1.20. The van der Waals surface area contributed by atoms with Gasteiger partial charge in [0.15, 0.2) is 11.5 Å². The van der Waals surface area contributed by atoms with Crippen molar-refractivity contribution in [3.63, 3.8) is 0 Å². The first-order valence-electron chi connectivity index (χ1n) is 9.45.